The van der Waals surface area contributed by atoms with Crippen LogP contribution in [-0.2, 0) is 4.79 Å². The molecule has 0 spiro atoms. The van der Waals surface area contributed by atoms with Gasteiger partial charge in [0, 0.05) is 5.92 Å². The molecule has 2 aromatic carbocycles. The van der Waals surface area contributed by atoms with Crippen molar-refractivity contribution in [2.45, 2.75) is 24.8 Å². The standard InChI is InChI=1S/C21H22N4O2S/c22-21(27)24-19(26)18(14-6-2-1-3-7-14)25-12-10-15(11-13-25)20-23-16-8-4-5-9-17(16)28-20/h1-9,15,18H,10-13H2,(H3,22,24,26,27)/t18-/m1/s1. The number of hydrogen-bond acceptors (Lipinski definition) is 5. The maximum Gasteiger partial charge on any atom is 0.318 e. The molecule has 7 heteroatoms. The summed E-state index contributed by atoms with van der Waals surface area (Å²) >= 11 is 1.75. The molecule has 4 rings (SSSR count). The molecule has 2 heterocycles. The first-order chi connectivity index (χ1) is 13.6. The summed E-state index contributed by atoms with van der Waals surface area (Å²) in [5, 5.41) is 3.41. The molecule has 1 fully saturated rings. The van der Waals surface area contributed by atoms with Gasteiger partial charge in [-0.3, -0.25) is 15.0 Å². The maximum absolute atomic E-state index is 12.7. The normalized spacial score (nSPS) is 16.7. The summed E-state index contributed by atoms with van der Waals surface area (Å²) in [6.07, 6.45) is 1.85. The number of primary amides is 1. The van der Waals surface area contributed by atoms with Crippen molar-refractivity contribution in [3.8, 4) is 0 Å². The van der Waals surface area contributed by atoms with Gasteiger partial charge in [-0.25, -0.2) is 9.78 Å². The first kappa shape index (κ1) is 18.6. The van der Waals surface area contributed by atoms with Crippen molar-refractivity contribution in [2.24, 2.45) is 5.73 Å². The van der Waals surface area contributed by atoms with E-state index in [1.54, 1.807) is 11.3 Å². The summed E-state index contributed by atoms with van der Waals surface area (Å²) in [5.74, 6) is 0.0152. The number of fused-ring (bicyclic) bond motifs is 1. The van der Waals surface area contributed by atoms with Crippen LogP contribution in [-0.4, -0.2) is 34.9 Å². The quantitative estimate of drug-likeness (QED) is 0.710. The number of hydrogen-bond donors (Lipinski definition) is 2. The Hall–Kier alpha value is -2.77. The number of nitrogens with two attached hydrogens (primary N) is 1. The van der Waals surface area contributed by atoms with Crippen LogP contribution in [0.5, 0.6) is 0 Å². The van der Waals surface area contributed by atoms with Crippen LogP contribution in [0, 0.1) is 0 Å². The number of carbonyl (C=O) groups excluding carboxylic acids is 2. The Bertz CT molecular complexity index is 947. The van der Waals surface area contributed by atoms with Crippen LogP contribution in [0.15, 0.2) is 54.6 Å². The van der Waals surface area contributed by atoms with Gasteiger partial charge in [0.05, 0.1) is 15.2 Å². The molecule has 1 aliphatic rings. The Labute approximate surface area is 167 Å². The number of nitrogens with zero attached hydrogens (tertiary/aromatic N) is 2. The Morgan fingerprint density at radius 1 is 1.07 bits per heavy atom. The van der Waals surface area contributed by atoms with E-state index in [1.165, 1.54) is 9.71 Å². The molecule has 1 aromatic heterocycles. The number of benzene rings is 2. The van der Waals surface area contributed by atoms with Gasteiger partial charge in [0.1, 0.15) is 6.04 Å². The van der Waals surface area contributed by atoms with E-state index in [2.05, 4.69) is 16.3 Å². The van der Waals surface area contributed by atoms with Gasteiger partial charge >= 0.3 is 6.03 Å². The van der Waals surface area contributed by atoms with Crippen molar-refractivity contribution in [3.63, 3.8) is 0 Å². The molecule has 1 saturated heterocycles. The van der Waals surface area contributed by atoms with E-state index in [4.69, 9.17) is 10.7 Å². The number of aromatic nitrogens is 1. The first-order valence-corrected chi connectivity index (χ1v) is 10.2. The average molecular weight is 395 g/mol. The molecule has 1 aliphatic heterocycles. The topological polar surface area (TPSA) is 88.3 Å². The van der Waals surface area contributed by atoms with Gasteiger partial charge in [-0.15, -0.1) is 11.3 Å². The molecule has 0 bridgehead atoms. The second-order valence-corrected chi connectivity index (χ2v) is 8.06. The number of thiazole rings is 1. The molecule has 6 nitrogen and oxygen atoms in total. The third kappa shape index (κ3) is 3.90. The van der Waals surface area contributed by atoms with E-state index in [0.717, 1.165) is 37.0 Å². The molecule has 3 N–H and O–H groups in total. The van der Waals surface area contributed by atoms with Gasteiger partial charge in [-0.1, -0.05) is 42.5 Å². The maximum atomic E-state index is 12.7. The molecule has 1 atom stereocenters. The minimum atomic E-state index is -0.824. The van der Waals surface area contributed by atoms with E-state index < -0.39 is 12.1 Å². The molecular weight excluding hydrogens is 372 g/mol. The number of urea groups is 1. The highest BCUT2D eigenvalue weighted by Crippen LogP contribution is 2.36. The smallest absolute Gasteiger partial charge is 0.318 e. The summed E-state index contributed by atoms with van der Waals surface area (Å²) in [5.41, 5.74) is 7.09. The lowest BCUT2D eigenvalue weighted by Gasteiger charge is -2.36. The highest BCUT2D eigenvalue weighted by molar-refractivity contribution is 7.18. The van der Waals surface area contributed by atoms with Crippen molar-refractivity contribution in [1.29, 1.82) is 0 Å². The van der Waals surface area contributed by atoms with Gasteiger partial charge in [-0.05, 0) is 43.6 Å². The number of amides is 3. The van der Waals surface area contributed by atoms with Crippen molar-refractivity contribution in [2.75, 3.05) is 13.1 Å². The number of nitrogens with one attached hydrogen (secondary N) is 1. The van der Waals surface area contributed by atoms with Gasteiger partial charge in [-0.2, -0.15) is 0 Å². The molecule has 144 valence electrons. The fourth-order valence-electron chi connectivity index (χ4n) is 3.82. The number of carbonyl (C=O) groups is 2. The van der Waals surface area contributed by atoms with E-state index >= 15 is 0 Å². The Balaban J connectivity index is 1.50. The molecule has 3 aromatic rings. The molecule has 3 amide bonds. The van der Waals surface area contributed by atoms with Gasteiger partial charge in [0.2, 0.25) is 5.91 Å². The zero-order valence-electron chi connectivity index (χ0n) is 15.4. The SMILES string of the molecule is NC(=O)NC(=O)[C@@H](c1ccccc1)N1CCC(c2nc3ccccc3s2)CC1. The lowest BCUT2D eigenvalue weighted by molar-refractivity contribution is -0.126. The summed E-state index contributed by atoms with van der Waals surface area (Å²) < 4.78 is 1.21. The fourth-order valence-corrected chi connectivity index (χ4v) is 4.96. The highest BCUT2D eigenvalue weighted by atomic mass is 32.1. The summed E-state index contributed by atoms with van der Waals surface area (Å²) in [6, 6.07) is 16.4. The predicted octanol–water partition coefficient (Wildman–Crippen LogP) is 3.41. The summed E-state index contributed by atoms with van der Waals surface area (Å²) in [4.78, 5) is 30.8. The minimum Gasteiger partial charge on any atom is -0.351 e. The molecule has 0 saturated carbocycles. The zero-order chi connectivity index (χ0) is 19.5. The van der Waals surface area contributed by atoms with Crippen LogP contribution in [0.2, 0.25) is 0 Å². The molecule has 0 radical (unpaired) electrons. The molecule has 28 heavy (non-hydrogen) atoms. The second kappa shape index (κ2) is 8.08. The monoisotopic (exact) mass is 394 g/mol. The minimum absolute atomic E-state index is 0.378. The van der Waals surface area contributed by atoms with Crippen LogP contribution >= 0.6 is 11.3 Å². The zero-order valence-corrected chi connectivity index (χ0v) is 16.2. The van der Waals surface area contributed by atoms with E-state index in [9.17, 15) is 9.59 Å². The number of rotatable bonds is 4. The van der Waals surface area contributed by atoms with E-state index in [0.29, 0.717) is 5.92 Å². The molecule has 0 aliphatic carbocycles. The van der Waals surface area contributed by atoms with Gasteiger partial charge in [0.25, 0.3) is 0 Å². The summed E-state index contributed by atoms with van der Waals surface area (Å²) in [6.45, 7) is 1.51. The third-order valence-corrected chi connectivity index (χ3v) is 6.36. The number of para-hydroxylation sites is 1. The first-order valence-electron chi connectivity index (χ1n) is 9.36. The Morgan fingerprint density at radius 3 is 2.43 bits per heavy atom. The highest BCUT2D eigenvalue weighted by Gasteiger charge is 2.32. The fraction of sp³-hybridized carbons (Fsp3) is 0.286. The Kier molecular flexibility index (Phi) is 5.36. The average Bonchev–Trinajstić information content (AvgIpc) is 3.13. The van der Waals surface area contributed by atoms with Crippen molar-refractivity contribution in [3.05, 3.63) is 65.2 Å². The molecular formula is C21H22N4O2S. The van der Waals surface area contributed by atoms with Crippen molar-refractivity contribution < 1.29 is 9.59 Å². The van der Waals surface area contributed by atoms with Crippen LogP contribution < -0.4 is 11.1 Å². The lowest BCUT2D eigenvalue weighted by Crippen LogP contribution is -2.46. The van der Waals surface area contributed by atoms with Crippen LogP contribution in [0.25, 0.3) is 10.2 Å². The third-order valence-electron chi connectivity index (χ3n) is 5.16. The largest absolute Gasteiger partial charge is 0.351 e. The van der Waals surface area contributed by atoms with Crippen molar-refractivity contribution >= 4 is 33.5 Å². The predicted molar refractivity (Wildman–Crippen MR) is 110 cm³/mol. The number of imide groups is 1. The van der Waals surface area contributed by atoms with Crippen LogP contribution in [0.4, 0.5) is 4.79 Å². The van der Waals surface area contributed by atoms with E-state index in [-0.39, 0.29) is 5.91 Å². The van der Waals surface area contributed by atoms with Crippen LogP contribution in [0.1, 0.15) is 35.4 Å². The molecule has 0 unspecified atom stereocenters. The Morgan fingerprint density at radius 2 is 1.75 bits per heavy atom. The van der Waals surface area contributed by atoms with Crippen molar-refractivity contribution in [1.82, 2.24) is 15.2 Å². The summed E-state index contributed by atoms with van der Waals surface area (Å²) in [7, 11) is 0. The van der Waals surface area contributed by atoms with E-state index in [1.807, 2.05) is 48.5 Å². The number of likely N-dealkylation sites (tertiary alicyclic amines) is 1. The van der Waals surface area contributed by atoms with Crippen LogP contribution in [0.3, 0.4) is 0 Å². The number of piperidine rings is 1. The lowest BCUT2D eigenvalue weighted by atomic mass is 9.94. The second-order valence-electron chi connectivity index (χ2n) is 7.00. The van der Waals surface area contributed by atoms with Gasteiger partial charge in [0.15, 0.2) is 0 Å². The van der Waals surface area contributed by atoms with Gasteiger partial charge < -0.3 is 5.73 Å².